The summed E-state index contributed by atoms with van der Waals surface area (Å²) < 4.78 is 0. The van der Waals surface area contributed by atoms with E-state index in [0.717, 1.165) is 6.42 Å². The molecule has 1 aliphatic heterocycles. The molecule has 0 aromatic rings. The van der Waals surface area contributed by atoms with Gasteiger partial charge in [0.05, 0.1) is 12.2 Å². The second-order valence-corrected chi connectivity index (χ2v) is 4.79. The highest BCUT2D eigenvalue weighted by atomic mass is 16.2. The van der Waals surface area contributed by atoms with Crippen molar-refractivity contribution in [1.82, 2.24) is 10.2 Å². The molecule has 2 rings (SSSR count). The topological polar surface area (TPSA) is 32.3 Å². The zero-order valence-corrected chi connectivity index (χ0v) is 9.29. The number of carbonyl (C=O) groups excluding carboxylic acids is 1. The predicted molar refractivity (Wildman–Crippen MR) is 55.7 cm³/mol. The first-order valence-electron chi connectivity index (χ1n) is 5.73. The highest BCUT2D eigenvalue weighted by Crippen LogP contribution is 2.33. The Morgan fingerprint density at radius 3 is 2.57 bits per heavy atom. The molecule has 0 radical (unpaired) electrons. The summed E-state index contributed by atoms with van der Waals surface area (Å²) in [5.74, 6) is 0.731. The van der Waals surface area contributed by atoms with Crippen molar-refractivity contribution in [3.8, 4) is 0 Å². The van der Waals surface area contributed by atoms with E-state index in [1.165, 1.54) is 12.8 Å². The Hall–Kier alpha value is -0.570. The Bertz CT molecular complexity index is 235. The number of rotatable bonds is 3. The molecule has 1 saturated carbocycles. The minimum Gasteiger partial charge on any atom is -0.323 e. The van der Waals surface area contributed by atoms with Gasteiger partial charge in [0.1, 0.15) is 0 Å². The molecule has 0 bridgehead atoms. The Labute approximate surface area is 85.8 Å². The molecule has 0 aromatic carbocycles. The average Bonchev–Trinajstić information content (AvgIpc) is 2.90. The Kier molecular flexibility index (Phi) is 2.52. The summed E-state index contributed by atoms with van der Waals surface area (Å²) in [6.45, 7) is 6.36. The number of nitrogens with zero attached hydrogens (tertiary/aromatic N) is 1. The van der Waals surface area contributed by atoms with Crippen molar-refractivity contribution in [1.29, 1.82) is 0 Å². The molecule has 3 nitrogen and oxygen atoms in total. The summed E-state index contributed by atoms with van der Waals surface area (Å²) in [5, 5.41) is 3.44. The molecule has 1 saturated heterocycles. The third-order valence-corrected chi connectivity index (χ3v) is 3.22. The number of hydrogen-bond donors (Lipinski definition) is 1. The van der Waals surface area contributed by atoms with E-state index in [2.05, 4.69) is 31.0 Å². The van der Waals surface area contributed by atoms with Crippen LogP contribution in [0.5, 0.6) is 0 Å². The van der Waals surface area contributed by atoms with Gasteiger partial charge in [0.25, 0.3) is 0 Å². The lowest BCUT2D eigenvalue weighted by molar-refractivity contribution is -0.131. The molecule has 0 spiro atoms. The molecule has 1 amide bonds. The van der Waals surface area contributed by atoms with Crippen molar-refractivity contribution >= 4 is 5.91 Å². The lowest BCUT2D eigenvalue weighted by atomic mass is 10.1. The molecular weight excluding hydrogens is 176 g/mol. The Balaban J connectivity index is 2.10. The molecule has 1 N–H and O–H groups in total. The Morgan fingerprint density at radius 1 is 1.50 bits per heavy atom. The summed E-state index contributed by atoms with van der Waals surface area (Å²) in [7, 11) is 0. The lowest BCUT2D eigenvalue weighted by Crippen LogP contribution is -2.38. The maximum atomic E-state index is 12.1. The Morgan fingerprint density at radius 2 is 2.14 bits per heavy atom. The van der Waals surface area contributed by atoms with Gasteiger partial charge in [-0.3, -0.25) is 10.1 Å². The first-order chi connectivity index (χ1) is 6.65. The standard InChI is InChI=1S/C11H20N2O/c1-4-9-12-10(7(2)3)11(14)13(9)8-5-6-8/h7-10,12H,4-6H2,1-3H3. The molecule has 2 atom stereocenters. The van der Waals surface area contributed by atoms with E-state index in [4.69, 9.17) is 0 Å². The smallest absolute Gasteiger partial charge is 0.241 e. The fourth-order valence-electron chi connectivity index (χ4n) is 2.25. The van der Waals surface area contributed by atoms with Crippen LogP contribution in [0.25, 0.3) is 0 Å². The summed E-state index contributed by atoms with van der Waals surface area (Å²) in [4.78, 5) is 14.1. The zero-order valence-electron chi connectivity index (χ0n) is 9.29. The zero-order chi connectivity index (χ0) is 10.3. The monoisotopic (exact) mass is 196 g/mol. The third kappa shape index (κ3) is 1.54. The maximum absolute atomic E-state index is 12.1. The van der Waals surface area contributed by atoms with E-state index in [-0.39, 0.29) is 6.04 Å². The van der Waals surface area contributed by atoms with Crippen LogP contribution >= 0.6 is 0 Å². The van der Waals surface area contributed by atoms with Crippen LogP contribution in [0.15, 0.2) is 0 Å². The minimum atomic E-state index is 0.0561. The van der Waals surface area contributed by atoms with Crippen LogP contribution in [0.2, 0.25) is 0 Å². The molecule has 2 fully saturated rings. The van der Waals surface area contributed by atoms with E-state index in [1.807, 2.05) is 0 Å². The summed E-state index contributed by atoms with van der Waals surface area (Å²) >= 11 is 0. The van der Waals surface area contributed by atoms with Crippen molar-refractivity contribution in [2.75, 3.05) is 0 Å². The van der Waals surface area contributed by atoms with Crippen molar-refractivity contribution in [3.63, 3.8) is 0 Å². The predicted octanol–water partition coefficient (Wildman–Crippen LogP) is 1.34. The molecular formula is C11H20N2O. The molecule has 3 heteroatoms. The summed E-state index contributed by atoms with van der Waals surface area (Å²) in [6.07, 6.45) is 3.72. The van der Waals surface area contributed by atoms with E-state index >= 15 is 0 Å². The molecule has 14 heavy (non-hydrogen) atoms. The largest absolute Gasteiger partial charge is 0.323 e. The van der Waals surface area contributed by atoms with E-state index in [0.29, 0.717) is 24.0 Å². The highest BCUT2D eigenvalue weighted by Gasteiger charge is 2.45. The number of nitrogens with one attached hydrogen (secondary N) is 1. The fraction of sp³-hybridized carbons (Fsp3) is 0.909. The first kappa shape index (κ1) is 9.97. The van der Waals surface area contributed by atoms with Crippen molar-refractivity contribution in [3.05, 3.63) is 0 Å². The van der Waals surface area contributed by atoms with Crippen LogP contribution in [-0.2, 0) is 4.79 Å². The highest BCUT2D eigenvalue weighted by molar-refractivity contribution is 5.85. The number of carbonyl (C=O) groups is 1. The van der Waals surface area contributed by atoms with Gasteiger partial charge in [-0.15, -0.1) is 0 Å². The van der Waals surface area contributed by atoms with Crippen LogP contribution < -0.4 is 5.32 Å². The first-order valence-corrected chi connectivity index (χ1v) is 5.73. The van der Waals surface area contributed by atoms with E-state index in [9.17, 15) is 4.79 Å². The van der Waals surface area contributed by atoms with Gasteiger partial charge in [-0.1, -0.05) is 20.8 Å². The second-order valence-electron chi connectivity index (χ2n) is 4.79. The third-order valence-electron chi connectivity index (χ3n) is 3.22. The van der Waals surface area contributed by atoms with Gasteiger partial charge in [-0.05, 0) is 25.2 Å². The average molecular weight is 196 g/mol. The van der Waals surface area contributed by atoms with Crippen LogP contribution in [0.3, 0.4) is 0 Å². The van der Waals surface area contributed by atoms with Gasteiger partial charge in [0.15, 0.2) is 0 Å². The van der Waals surface area contributed by atoms with Crippen molar-refractivity contribution in [2.24, 2.45) is 5.92 Å². The maximum Gasteiger partial charge on any atom is 0.241 e. The fourth-order valence-corrected chi connectivity index (χ4v) is 2.25. The van der Waals surface area contributed by atoms with Crippen LogP contribution in [0.4, 0.5) is 0 Å². The van der Waals surface area contributed by atoms with E-state index < -0.39 is 0 Å². The minimum absolute atomic E-state index is 0.0561. The van der Waals surface area contributed by atoms with Crippen molar-refractivity contribution in [2.45, 2.75) is 58.3 Å². The SMILES string of the molecule is CCC1NC(C(C)C)C(=O)N1C1CC1. The molecule has 1 heterocycles. The lowest BCUT2D eigenvalue weighted by Gasteiger charge is -2.22. The normalized spacial score (nSPS) is 33.1. The van der Waals surface area contributed by atoms with Crippen molar-refractivity contribution < 1.29 is 4.79 Å². The summed E-state index contributed by atoms with van der Waals surface area (Å²) in [5.41, 5.74) is 0. The van der Waals surface area contributed by atoms with Gasteiger partial charge in [-0.2, -0.15) is 0 Å². The molecule has 2 aliphatic rings. The molecule has 2 unspecified atom stereocenters. The second kappa shape index (κ2) is 3.54. The molecule has 80 valence electrons. The van der Waals surface area contributed by atoms with Gasteiger partial charge in [0, 0.05) is 6.04 Å². The van der Waals surface area contributed by atoms with Crippen LogP contribution in [-0.4, -0.2) is 29.1 Å². The van der Waals surface area contributed by atoms with Gasteiger partial charge in [-0.25, -0.2) is 0 Å². The molecule has 0 aromatic heterocycles. The molecule has 1 aliphatic carbocycles. The van der Waals surface area contributed by atoms with E-state index in [1.54, 1.807) is 0 Å². The quantitative estimate of drug-likeness (QED) is 0.739. The van der Waals surface area contributed by atoms with Crippen LogP contribution in [0.1, 0.15) is 40.0 Å². The summed E-state index contributed by atoms with van der Waals surface area (Å²) in [6, 6.07) is 0.601. The number of amides is 1. The van der Waals surface area contributed by atoms with Crippen LogP contribution in [0, 0.1) is 5.92 Å². The van der Waals surface area contributed by atoms with Gasteiger partial charge >= 0.3 is 0 Å². The number of hydrogen-bond acceptors (Lipinski definition) is 2. The van der Waals surface area contributed by atoms with Gasteiger partial charge in [0.2, 0.25) is 5.91 Å². The van der Waals surface area contributed by atoms with Gasteiger partial charge < -0.3 is 4.90 Å².